The molecule has 0 fully saturated rings. The molecule has 1 unspecified atom stereocenters. The Morgan fingerprint density at radius 3 is 2.24 bits per heavy atom. The molecule has 2 amide bonds. The van der Waals surface area contributed by atoms with Gasteiger partial charge < -0.3 is 25.6 Å². The number of alkyl carbamates (subject to hydrolysis) is 1. The Labute approximate surface area is 170 Å². The van der Waals surface area contributed by atoms with Gasteiger partial charge >= 0.3 is 6.09 Å². The van der Waals surface area contributed by atoms with Crippen LogP contribution in [-0.2, 0) is 22.5 Å². The molecular formula is C22H28N2O5. The predicted octanol–water partition coefficient (Wildman–Crippen LogP) is 2.36. The number of carbonyl (C=O) groups is 2. The zero-order valence-corrected chi connectivity index (χ0v) is 16.7. The number of rotatable bonds is 9. The summed E-state index contributed by atoms with van der Waals surface area (Å²) in [5, 5.41) is 24.3. The van der Waals surface area contributed by atoms with E-state index in [1.165, 1.54) is 0 Å². The van der Waals surface area contributed by atoms with Crippen molar-refractivity contribution in [2.45, 2.75) is 39.0 Å². The molecule has 156 valence electrons. The number of aliphatic hydroxyl groups excluding tert-OH is 1. The highest BCUT2D eigenvalue weighted by Gasteiger charge is 2.28. The monoisotopic (exact) mass is 400 g/mol. The molecule has 4 N–H and O–H groups in total. The number of aromatic hydroxyl groups is 1. The quantitative estimate of drug-likeness (QED) is 0.517. The van der Waals surface area contributed by atoms with Crippen LogP contribution in [0.3, 0.4) is 0 Å². The predicted molar refractivity (Wildman–Crippen MR) is 109 cm³/mol. The van der Waals surface area contributed by atoms with Crippen LogP contribution in [0.25, 0.3) is 0 Å². The van der Waals surface area contributed by atoms with E-state index in [9.17, 15) is 19.8 Å². The summed E-state index contributed by atoms with van der Waals surface area (Å²) in [6, 6.07) is 15.4. The minimum Gasteiger partial charge on any atom is -0.508 e. The molecule has 7 nitrogen and oxygen atoms in total. The number of amides is 2. The van der Waals surface area contributed by atoms with E-state index >= 15 is 0 Å². The van der Waals surface area contributed by atoms with E-state index in [2.05, 4.69) is 10.6 Å². The van der Waals surface area contributed by atoms with Crippen LogP contribution in [0.1, 0.15) is 25.0 Å². The lowest BCUT2D eigenvalue weighted by atomic mass is 10.0. The largest absolute Gasteiger partial charge is 0.508 e. The van der Waals surface area contributed by atoms with Gasteiger partial charge in [-0.1, -0.05) is 56.3 Å². The van der Waals surface area contributed by atoms with Crippen LogP contribution in [0.2, 0.25) is 0 Å². The summed E-state index contributed by atoms with van der Waals surface area (Å²) in [4.78, 5) is 24.8. The molecule has 2 atom stereocenters. The minimum absolute atomic E-state index is 0.146. The molecule has 2 rings (SSSR count). The number of phenols is 1. The zero-order valence-electron chi connectivity index (χ0n) is 16.7. The Kier molecular flexibility index (Phi) is 8.48. The molecule has 0 saturated carbocycles. The van der Waals surface area contributed by atoms with Gasteiger partial charge in [0.2, 0.25) is 0 Å². The summed E-state index contributed by atoms with van der Waals surface area (Å²) in [6.07, 6.45) is -1.28. The Morgan fingerprint density at radius 1 is 1.00 bits per heavy atom. The number of aliphatic hydroxyl groups is 1. The summed E-state index contributed by atoms with van der Waals surface area (Å²) in [7, 11) is 0. The standard InChI is InChI=1S/C22H28N2O5/c1-15(2)20(29-22(28)23-13-17-6-4-3-5-7-17)21(27)24-18(14-25)12-16-8-10-19(26)11-9-16/h3-11,15,18,20,25-26H,12-14H2,1-2H3,(H,23,28)(H,24,27)/t18?,20-/m0/s1. The molecular weight excluding hydrogens is 372 g/mol. The molecule has 0 saturated heterocycles. The second-order valence-corrected chi connectivity index (χ2v) is 7.17. The first kappa shape index (κ1) is 22.2. The van der Waals surface area contributed by atoms with Crippen molar-refractivity contribution in [2.24, 2.45) is 5.92 Å². The Morgan fingerprint density at radius 2 is 1.66 bits per heavy atom. The number of ether oxygens (including phenoxy) is 1. The normalized spacial score (nSPS) is 12.8. The van der Waals surface area contributed by atoms with Gasteiger partial charge in [-0.05, 0) is 35.6 Å². The molecule has 0 aliphatic carbocycles. The van der Waals surface area contributed by atoms with Crippen molar-refractivity contribution in [2.75, 3.05) is 6.61 Å². The molecule has 0 aliphatic rings. The maximum absolute atomic E-state index is 12.6. The third kappa shape index (κ3) is 7.46. The van der Waals surface area contributed by atoms with E-state index < -0.39 is 24.1 Å². The fourth-order valence-electron chi connectivity index (χ4n) is 2.78. The summed E-state index contributed by atoms with van der Waals surface area (Å²) < 4.78 is 5.33. The van der Waals surface area contributed by atoms with Crippen LogP contribution >= 0.6 is 0 Å². The van der Waals surface area contributed by atoms with Gasteiger partial charge in [-0.3, -0.25) is 4.79 Å². The van der Waals surface area contributed by atoms with Gasteiger partial charge in [0.15, 0.2) is 6.10 Å². The third-order valence-corrected chi connectivity index (χ3v) is 4.36. The van der Waals surface area contributed by atoms with E-state index in [0.717, 1.165) is 11.1 Å². The van der Waals surface area contributed by atoms with Crippen LogP contribution in [0, 0.1) is 5.92 Å². The lowest BCUT2D eigenvalue weighted by Crippen LogP contribution is -2.48. The second-order valence-electron chi connectivity index (χ2n) is 7.17. The highest BCUT2D eigenvalue weighted by molar-refractivity contribution is 5.84. The average Bonchev–Trinajstić information content (AvgIpc) is 2.72. The van der Waals surface area contributed by atoms with Crippen molar-refractivity contribution in [1.82, 2.24) is 10.6 Å². The van der Waals surface area contributed by atoms with Gasteiger partial charge in [-0.25, -0.2) is 4.79 Å². The third-order valence-electron chi connectivity index (χ3n) is 4.36. The SMILES string of the molecule is CC(C)[C@H](OC(=O)NCc1ccccc1)C(=O)NC(CO)Cc1ccc(O)cc1. The fourth-order valence-corrected chi connectivity index (χ4v) is 2.78. The average molecular weight is 400 g/mol. The molecule has 2 aromatic carbocycles. The van der Waals surface area contributed by atoms with Crippen molar-refractivity contribution < 1.29 is 24.5 Å². The highest BCUT2D eigenvalue weighted by Crippen LogP contribution is 2.13. The van der Waals surface area contributed by atoms with E-state index in [4.69, 9.17) is 4.74 Å². The van der Waals surface area contributed by atoms with Crippen LogP contribution < -0.4 is 10.6 Å². The Hall–Kier alpha value is -3.06. The first-order chi connectivity index (χ1) is 13.9. The van der Waals surface area contributed by atoms with Gasteiger partial charge in [-0.2, -0.15) is 0 Å². The lowest BCUT2D eigenvalue weighted by molar-refractivity contribution is -0.132. The van der Waals surface area contributed by atoms with E-state index in [-0.39, 0.29) is 18.3 Å². The second kappa shape index (κ2) is 11.1. The van der Waals surface area contributed by atoms with Crippen molar-refractivity contribution in [1.29, 1.82) is 0 Å². The molecule has 0 radical (unpaired) electrons. The number of carbonyl (C=O) groups excluding carboxylic acids is 2. The van der Waals surface area contributed by atoms with Crippen molar-refractivity contribution in [3.63, 3.8) is 0 Å². The molecule has 0 bridgehead atoms. The van der Waals surface area contributed by atoms with E-state index in [1.54, 1.807) is 38.1 Å². The van der Waals surface area contributed by atoms with Crippen molar-refractivity contribution in [3.8, 4) is 5.75 Å². The molecule has 2 aromatic rings. The lowest BCUT2D eigenvalue weighted by Gasteiger charge is -2.24. The van der Waals surface area contributed by atoms with Crippen LogP contribution in [0.4, 0.5) is 4.79 Å². The fraction of sp³-hybridized carbons (Fsp3) is 0.364. The molecule has 7 heteroatoms. The van der Waals surface area contributed by atoms with Crippen molar-refractivity contribution in [3.05, 3.63) is 65.7 Å². The van der Waals surface area contributed by atoms with Gasteiger partial charge in [0.1, 0.15) is 5.75 Å². The summed E-state index contributed by atoms with van der Waals surface area (Å²) >= 11 is 0. The highest BCUT2D eigenvalue weighted by atomic mass is 16.6. The maximum atomic E-state index is 12.6. The van der Waals surface area contributed by atoms with Crippen molar-refractivity contribution >= 4 is 12.0 Å². The number of phenolic OH excluding ortho intramolecular Hbond substituents is 1. The minimum atomic E-state index is -0.986. The summed E-state index contributed by atoms with van der Waals surface area (Å²) in [5.74, 6) is -0.564. The summed E-state index contributed by atoms with van der Waals surface area (Å²) in [5.41, 5.74) is 1.77. The number of benzene rings is 2. The van der Waals surface area contributed by atoms with Gasteiger partial charge in [0, 0.05) is 6.54 Å². The van der Waals surface area contributed by atoms with Crippen LogP contribution in [0.5, 0.6) is 5.75 Å². The number of nitrogens with one attached hydrogen (secondary N) is 2. The first-order valence-electron chi connectivity index (χ1n) is 9.56. The number of hydrogen-bond acceptors (Lipinski definition) is 5. The van der Waals surface area contributed by atoms with Gasteiger partial charge in [0.25, 0.3) is 5.91 Å². The molecule has 0 heterocycles. The Bertz CT molecular complexity index is 778. The Balaban J connectivity index is 1.91. The maximum Gasteiger partial charge on any atom is 0.408 e. The van der Waals surface area contributed by atoms with Crippen LogP contribution in [-0.4, -0.2) is 41.0 Å². The van der Waals surface area contributed by atoms with E-state index in [1.807, 2.05) is 30.3 Å². The molecule has 29 heavy (non-hydrogen) atoms. The summed E-state index contributed by atoms with van der Waals surface area (Å²) in [6.45, 7) is 3.59. The molecule has 0 aliphatic heterocycles. The van der Waals surface area contributed by atoms with E-state index in [0.29, 0.717) is 13.0 Å². The topological polar surface area (TPSA) is 108 Å². The smallest absolute Gasteiger partial charge is 0.408 e. The zero-order chi connectivity index (χ0) is 21.2. The van der Waals surface area contributed by atoms with Gasteiger partial charge in [0.05, 0.1) is 12.6 Å². The van der Waals surface area contributed by atoms with Crippen LogP contribution in [0.15, 0.2) is 54.6 Å². The number of hydrogen-bond donors (Lipinski definition) is 4. The first-order valence-corrected chi connectivity index (χ1v) is 9.56. The molecule has 0 spiro atoms. The molecule has 0 aromatic heterocycles. The van der Waals surface area contributed by atoms with Gasteiger partial charge in [-0.15, -0.1) is 0 Å².